The molecule has 0 amide bonds. The molecule has 1 nitrogen and oxygen atoms in total. The molecule has 2 aliphatic heterocycles. The number of benzene rings is 1. The second kappa shape index (κ2) is 4.41. The highest BCUT2D eigenvalue weighted by atomic mass is 35.5. The van der Waals surface area contributed by atoms with Gasteiger partial charge in [0.25, 0.3) is 0 Å². The van der Waals surface area contributed by atoms with Crippen molar-refractivity contribution in [1.82, 2.24) is 0 Å². The van der Waals surface area contributed by atoms with Gasteiger partial charge >= 0.3 is 0 Å². The van der Waals surface area contributed by atoms with Gasteiger partial charge in [0, 0.05) is 16.5 Å². The van der Waals surface area contributed by atoms with Gasteiger partial charge in [0.15, 0.2) is 0 Å². The van der Waals surface area contributed by atoms with Crippen LogP contribution >= 0.6 is 19.2 Å². The molecule has 0 spiro atoms. The minimum atomic E-state index is -2.13. The van der Waals surface area contributed by atoms with Gasteiger partial charge in [-0.3, -0.25) is 0 Å². The van der Waals surface area contributed by atoms with Crippen LogP contribution in [-0.2, 0) is 0 Å². The number of fused-ring (bicyclic) bond motifs is 2. The van der Waals surface area contributed by atoms with Crippen molar-refractivity contribution < 1.29 is 4.20 Å². The lowest BCUT2D eigenvalue weighted by Crippen LogP contribution is -2.34. The van der Waals surface area contributed by atoms with Gasteiger partial charge in [-0.1, -0.05) is 27.9 Å². The van der Waals surface area contributed by atoms with Crippen molar-refractivity contribution in [3.8, 4) is 0 Å². The van der Waals surface area contributed by atoms with Crippen LogP contribution in [0.1, 0.15) is 35.6 Å². The molecule has 0 aromatic heterocycles. The maximum absolute atomic E-state index is 14.5. The number of nitrogens with two attached hydrogens (primary N) is 1. The minimum absolute atomic E-state index is 0.0231. The molecule has 1 atom stereocenters. The van der Waals surface area contributed by atoms with Gasteiger partial charge in [0.1, 0.15) is 0 Å². The molecule has 4 heteroatoms. The Balaban J connectivity index is 2.02. The standard InChI is InChI=1S/C15H21ClFNP/c1-10-3-4-11(2)13(16)12(10)14(18)15-5-7-19(17,9-15)8-6-15/h3-4,14H,5-9,18H2,1-2H3/q+1. The SMILES string of the molecule is Cc1ccc(C)c(C(N)C23CC[P+](F)(CC2)C3)c1Cl. The van der Waals surface area contributed by atoms with Crippen LogP contribution in [-0.4, -0.2) is 18.5 Å². The molecule has 0 aliphatic carbocycles. The first-order valence-corrected chi connectivity index (χ1v) is 9.55. The second-order valence-electron chi connectivity index (χ2n) is 6.40. The maximum Gasteiger partial charge on any atom is 0.202 e. The van der Waals surface area contributed by atoms with Crippen molar-refractivity contribution in [2.75, 3.05) is 18.5 Å². The fraction of sp³-hybridized carbons (Fsp3) is 0.600. The Morgan fingerprint density at radius 1 is 1.26 bits per heavy atom. The van der Waals surface area contributed by atoms with Crippen molar-refractivity contribution >= 4 is 19.2 Å². The van der Waals surface area contributed by atoms with Gasteiger partial charge < -0.3 is 5.73 Å². The summed E-state index contributed by atoms with van der Waals surface area (Å²) in [5, 5.41) is 0.781. The predicted octanol–water partition coefficient (Wildman–Crippen LogP) is 4.65. The number of rotatable bonds is 2. The summed E-state index contributed by atoms with van der Waals surface area (Å²) in [6.45, 7) is 4.06. The van der Waals surface area contributed by atoms with Crippen LogP contribution in [0.5, 0.6) is 0 Å². The molecule has 2 heterocycles. The van der Waals surface area contributed by atoms with Gasteiger partial charge in [0.2, 0.25) is 7.57 Å². The van der Waals surface area contributed by atoms with E-state index in [4.69, 9.17) is 17.3 Å². The van der Waals surface area contributed by atoms with Crippen molar-refractivity contribution in [2.45, 2.75) is 32.7 Å². The number of halogens is 2. The summed E-state index contributed by atoms with van der Waals surface area (Å²) >= 11 is 6.47. The Kier molecular flexibility index (Phi) is 3.20. The maximum atomic E-state index is 14.5. The average molecular weight is 301 g/mol. The van der Waals surface area contributed by atoms with E-state index in [1.54, 1.807) is 0 Å². The first-order valence-electron chi connectivity index (χ1n) is 6.94. The first kappa shape index (κ1) is 13.8. The molecule has 2 bridgehead atoms. The number of hydrogen-bond acceptors (Lipinski definition) is 1. The van der Waals surface area contributed by atoms with Gasteiger partial charge in [-0.15, -0.1) is 0 Å². The summed E-state index contributed by atoms with van der Waals surface area (Å²) in [4.78, 5) is 0. The van der Waals surface area contributed by atoms with Crippen LogP contribution in [0.25, 0.3) is 0 Å². The quantitative estimate of drug-likeness (QED) is 0.790. The summed E-state index contributed by atoms with van der Waals surface area (Å²) in [5.74, 6) is 0. The zero-order valence-electron chi connectivity index (χ0n) is 11.5. The Labute approximate surface area is 120 Å². The molecule has 0 radical (unpaired) electrons. The molecular formula is C15H21ClFNP+. The normalized spacial score (nSPS) is 34.8. The van der Waals surface area contributed by atoms with E-state index in [0.29, 0.717) is 0 Å². The van der Waals surface area contributed by atoms with Gasteiger partial charge in [0.05, 0.1) is 18.5 Å². The summed E-state index contributed by atoms with van der Waals surface area (Å²) in [5.41, 5.74) is 9.80. The van der Waals surface area contributed by atoms with E-state index in [2.05, 4.69) is 13.0 Å². The summed E-state index contributed by atoms with van der Waals surface area (Å²) in [7, 11) is -2.13. The smallest absolute Gasteiger partial charge is 0.202 e. The summed E-state index contributed by atoms with van der Waals surface area (Å²) in [6.07, 6.45) is 4.18. The lowest BCUT2D eigenvalue weighted by molar-refractivity contribution is 0.261. The fourth-order valence-electron chi connectivity index (χ4n) is 3.86. The highest BCUT2D eigenvalue weighted by Crippen LogP contribution is 2.78. The first-order chi connectivity index (χ1) is 8.87. The molecule has 2 saturated heterocycles. The Bertz CT molecular complexity index is 523. The van der Waals surface area contributed by atoms with Crippen molar-refractivity contribution in [2.24, 2.45) is 11.1 Å². The monoisotopic (exact) mass is 300 g/mol. The van der Waals surface area contributed by atoms with Crippen LogP contribution in [0.2, 0.25) is 5.02 Å². The van der Waals surface area contributed by atoms with Crippen LogP contribution in [0, 0.1) is 19.3 Å². The Morgan fingerprint density at radius 2 is 1.84 bits per heavy atom. The number of hydrogen-bond donors (Lipinski definition) is 1. The third kappa shape index (κ3) is 2.04. The van der Waals surface area contributed by atoms with Crippen molar-refractivity contribution in [3.63, 3.8) is 0 Å². The fourth-order valence-corrected chi connectivity index (χ4v) is 8.06. The Morgan fingerprint density at radius 3 is 2.37 bits per heavy atom. The lowest BCUT2D eigenvalue weighted by atomic mass is 9.74. The van der Waals surface area contributed by atoms with Gasteiger partial charge in [-0.25, -0.2) is 0 Å². The van der Waals surface area contributed by atoms with E-state index < -0.39 is 7.57 Å². The second-order valence-corrected chi connectivity index (χ2v) is 10.0. The van der Waals surface area contributed by atoms with E-state index >= 15 is 0 Å². The van der Waals surface area contributed by atoms with E-state index in [1.807, 2.05) is 13.0 Å². The minimum Gasteiger partial charge on any atom is -0.323 e. The highest BCUT2D eigenvalue weighted by Gasteiger charge is 2.64. The molecule has 2 aliphatic rings. The van der Waals surface area contributed by atoms with Crippen LogP contribution in [0.4, 0.5) is 4.20 Å². The zero-order chi connectivity index (χ0) is 13.8. The summed E-state index contributed by atoms with van der Waals surface area (Å²) in [6, 6.07) is 4.00. The van der Waals surface area contributed by atoms with Crippen LogP contribution in [0.3, 0.4) is 0 Å². The number of aryl methyl sites for hydroxylation is 2. The Hall–Kier alpha value is -0.170. The van der Waals surface area contributed by atoms with Gasteiger partial charge in [-0.05, 0) is 43.4 Å². The molecule has 19 heavy (non-hydrogen) atoms. The predicted molar refractivity (Wildman–Crippen MR) is 82.2 cm³/mol. The average Bonchev–Trinajstić information content (AvgIpc) is 2.89. The molecule has 2 N–H and O–H groups in total. The van der Waals surface area contributed by atoms with Crippen LogP contribution in [0.15, 0.2) is 12.1 Å². The van der Waals surface area contributed by atoms with E-state index in [-0.39, 0.29) is 11.5 Å². The molecule has 1 aromatic carbocycles. The van der Waals surface area contributed by atoms with Crippen molar-refractivity contribution in [1.29, 1.82) is 0 Å². The molecule has 2 fully saturated rings. The van der Waals surface area contributed by atoms with E-state index in [0.717, 1.165) is 53.0 Å². The van der Waals surface area contributed by atoms with Crippen molar-refractivity contribution in [3.05, 3.63) is 33.8 Å². The molecule has 3 rings (SSSR count). The lowest BCUT2D eigenvalue weighted by Gasteiger charge is -2.32. The molecule has 104 valence electrons. The van der Waals surface area contributed by atoms with E-state index in [9.17, 15) is 4.20 Å². The van der Waals surface area contributed by atoms with Gasteiger partial charge in [-0.2, -0.15) is 0 Å². The third-order valence-electron chi connectivity index (χ3n) is 5.18. The molecular weight excluding hydrogens is 280 g/mol. The third-order valence-corrected chi connectivity index (χ3v) is 8.93. The largest absolute Gasteiger partial charge is 0.323 e. The molecule has 1 aromatic rings. The van der Waals surface area contributed by atoms with E-state index in [1.165, 1.54) is 0 Å². The topological polar surface area (TPSA) is 26.0 Å². The summed E-state index contributed by atoms with van der Waals surface area (Å²) < 4.78 is 14.5. The highest BCUT2D eigenvalue weighted by molar-refractivity contribution is 7.71. The molecule has 1 unspecified atom stereocenters. The van der Waals surface area contributed by atoms with Crippen LogP contribution < -0.4 is 5.73 Å². The zero-order valence-corrected chi connectivity index (χ0v) is 13.2. The molecule has 0 saturated carbocycles.